The molecule has 3 saturated carbocycles. The molecule has 0 saturated heterocycles. The van der Waals surface area contributed by atoms with E-state index in [1.165, 1.54) is 37.7 Å². The maximum absolute atomic E-state index is 11.5. The zero-order valence-corrected chi connectivity index (χ0v) is 20.7. The second-order valence-electron chi connectivity index (χ2n) is 12.0. The number of hydrogen-bond acceptors (Lipinski definition) is 2. The van der Waals surface area contributed by atoms with Crippen LogP contribution in [-0.4, -0.2) is 12.1 Å². The first kappa shape index (κ1) is 22.9. The van der Waals surface area contributed by atoms with Gasteiger partial charge in [0.1, 0.15) is 6.10 Å². The molecule has 4 rings (SSSR count). The Hall–Kier alpha value is -1.31. The summed E-state index contributed by atoms with van der Waals surface area (Å²) in [6, 6.07) is 0. The number of fused-ring (bicyclic) bond motifs is 5. The summed E-state index contributed by atoms with van der Waals surface area (Å²) in [5, 5.41) is 0. The lowest BCUT2D eigenvalue weighted by molar-refractivity contribution is -0.148. The zero-order valence-electron chi connectivity index (χ0n) is 20.7. The van der Waals surface area contributed by atoms with Crippen molar-refractivity contribution in [3.05, 3.63) is 35.5 Å². The minimum Gasteiger partial charge on any atom is -0.462 e. The Morgan fingerprint density at radius 3 is 2.58 bits per heavy atom. The minimum atomic E-state index is -0.136. The molecule has 4 aliphatic carbocycles. The van der Waals surface area contributed by atoms with Crippen LogP contribution >= 0.6 is 0 Å². The second-order valence-corrected chi connectivity index (χ2v) is 12.0. The first-order chi connectivity index (χ1) is 14.6. The molecule has 0 N–H and O–H groups in total. The molecule has 3 fully saturated rings. The Balaban J connectivity index is 1.54. The van der Waals surface area contributed by atoms with Crippen molar-refractivity contribution >= 4 is 5.97 Å². The smallest absolute Gasteiger partial charge is 0.302 e. The SMILES string of the molecule is CC(=O)O[C@H]1CC[C@]2(C)C(=CC=C3[C@H]4CC[C@@H]([C@@H](C)/C=C/CC(C)C)[C@]4(C)CC[C@H]32)C1. The molecular weight excluding hydrogens is 380 g/mol. The summed E-state index contributed by atoms with van der Waals surface area (Å²) in [5.74, 6) is 3.53. The van der Waals surface area contributed by atoms with Crippen LogP contribution in [0.15, 0.2) is 35.5 Å². The van der Waals surface area contributed by atoms with Crippen LogP contribution in [-0.2, 0) is 9.53 Å². The summed E-state index contributed by atoms with van der Waals surface area (Å²) in [5.41, 5.74) is 4.00. The largest absolute Gasteiger partial charge is 0.462 e. The van der Waals surface area contributed by atoms with E-state index in [-0.39, 0.29) is 17.5 Å². The van der Waals surface area contributed by atoms with E-state index in [1.54, 1.807) is 12.5 Å². The van der Waals surface area contributed by atoms with Crippen molar-refractivity contribution in [3.63, 3.8) is 0 Å². The number of ether oxygens (including phenoxy) is 1. The van der Waals surface area contributed by atoms with Gasteiger partial charge in [0.25, 0.3) is 0 Å². The van der Waals surface area contributed by atoms with Crippen LogP contribution in [0.3, 0.4) is 0 Å². The second kappa shape index (κ2) is 8.56. The number of allylic oxidation sites excluding steroid dienone is 5. The van der Waals surface area contributed by atoms with Gasteiger partial charge in [0.05, 0.1) is 0 Å². The molecule has 172 valence electrons. The topological polar surface area (TPSA) is 26.3 Å². The third-order valence-corrected chi connectivity index (χ3v) is 9.61. The molecule has 4 aliphatic rings. The van der Waals surface area contributed by atoms with Crippen molar-refractivity contribution in [1.29, 1.82) is 0 Å². The van der Waals surface area contributed by atoms with E-state index < -0.39 is 0 Å². The molecular formula is C29H44O2. The van der Waals surface area contributed by atoms with Crippen LogP contribution in [0.4, 0.5) is 0 Å². The van der Waals surface area contributed by atoms with Crippen molar-refractivity contribution in [2.45, 2.75) is 99.0 Å². The summed E-state index contributed by atoms with van der Waals surface area (Å²) in [6.45, 7) is 13.7. The van der Waals surface area contributed by atoms with Crippen LogP contribution < -0.4 is 0 Å². The Morgan fingerprint density at radius 2 is 1.87 bits per heavy atom. The summed E-state index contributed by atoms with van der Waals surface area (Å²) in [4.78, 5) is 11.5. The van der Waals surface area contributed by atoms with Crippen molar-refractivity contribution in [2.24, 2.45) is 40.4 Å². The van der Waals surface area contributed by atoms with E-state index in [2.05, 4.69) is 58.9 Å². The molecule has 0 aliphatic heterocycles. The summed E-state index contributed by atoms with van der Waals surface area (Å²) in [7, 11) is 0. The van der Waals surface area contributed by atoms with Crippen LogP contribution in [0.1, 0.15) is 92.9 Å². The molecule has 0 aromatic carbocycles. The molecule has 0 spiro atoms. The van der Waals surface area contributed by atoms with Crippen LogP contribution in [0, 0.1) is 40.4 Å². The fourth-order valence-electron chi connectivity index (χ4n) is 7.91. The van der Waals surface area contributed by atoms with Crippen molar-refractivity contribution < 1.29 is 9.53 Å². The third kappa shape index (κ3) is 4.09. The van der Waals surface area contributed by atoms with Gasteiger partial charge in [0.2, 0.25) is 0 Å². The molecule has 0 bridgehead atoms. The maximum Gasteiger partial charge on any atom is 0.302 e. The summed E-state index contributed by atoms with van der Waals surface area (Å²) >= 11 is 0. The molecule has 0 heterocycles. The quantitative estimate of drug-likeness (QED) is 0.334. The Bertz CT molecular complexity index is 787. The standard InChI is InChI=1S/C29H44O2/c1-19(2)8-7-9-20(3)25-12-13-26-24-11-10-22-18-23(31-21(4)30)14-16-28(22,5)27(24)15-17-29(25,26)6/h7,9-11,19-20,23,25-27H,8,12-18H2,1-6H3/b9-7+/t20-,23-,25-,26+,27+,28+,29-/m0/s1. The van der Waals surface area contributed by atoms with E-state index in [4.69, 9.17) is 4.74 Å². The van der Waals surface area contributed by atoms with Crippen LogP contribution in [0.5, 0.6) is 0 Å². The first-order valence-electron chi connectivity index (χ1n) is 12.9. The van der Waals surface area contributed by atoms with Gasteiger partial charge in [0, 0.05) is 13.3 Å². The minimum absolute atomic E-state index is 0.0787. The Morgan fingerprint density at radius 1 is 1.10 bits per heavy atom. The highest BCUT2D eigenvalue weighted by atomic mass is 16.5. The highest BCUT2D eigenvalue weighted by molar-refractivity contribution is 5.66. The molecule has 2 nitrogen and oxygen atoms in total. The van der Waals surface area contributed by atoms with E-state index in [0.29, 0.717) is 17.3 Å². The van der Waals surface area contributed by atoms with Gasteiger partial charge >= 0.3 is 5.97 Å². The lowest BCUT2D eigenvalue weighted by Gasteiger charge is -2.55. The van der Waals surface area contributed by atoms with Crippen LogP contribution in [0.25, 0.3) is 0 Å². The van der Waals surface area contributed by atoms with Crippen molar-refractivity contribution in [1.82, 2.24) is 0 Å². The molecule has 7 atom stereocenters. The molecule has 0 aromatic heterocycles. The van der Waals surface area contributed by atoms with Gasteiger partial charge in [-0.05, 0) is 85.4 Å². The normalized spacial score (nSPS) is 40.6. The number of esters is 1. The fraction of sp³-hybridized carbons (Fsp3) is 0.759. The van der Waals surface area contributed by atoms with Crippen molar-refractivity contribution in [2.75, 3.05) is 0 Å². The average molecular weight is 425 g/mol. The lowest BCUT2D eigenvalue weighted by Crippen LogP contribution is -2.46. The van der Waals surface area contributed by atoms with Gasteiger partial charge in [0.15, 0.2) is 0 Å². The van der Waals surface area contributed by atoms with Gasteiger partial charge in [-0.2, -0.15) is 0 Å². The number of hydrogen-bond donors (Lipinski definition) is 0. The Labute approximate surface area is 190 Å². The van der Waals surface area contributed by atoms with E-state index in [9.17, 15) is 4.79 Å². The highest BCUT2D eigenvalue weighted by Crippen LogP contribution is 2.66. The maximum atomic E-state index is 11.5. The molecule has 0 aromatic rings. The van der Waals surface area contributed by atoms with Gasteiger partial charge in [-0.1, -0.05) is 70.1 Å². The lowest BCUT2D eigenvalue weighted by atomic mass is 9.50. The molecule has 31 heavy (non-hydrogen) atoms. The predicted molar refractivity (Wildman–Crippen MR) is 128 cm³/mol. The summed E-state index contributed by atoms with van der Waals surface area (Å²) in [6.07, 6.45) is 19.7. The number of carbonyl (C=O) groups is 1. The summed E-state index contributed by atoms with van der Waals surface area (Å²) < 4.78 is 5.59. The van der Waals surface area contributed by atoms with Gasteiger partial charge in [-0.25, -0.2) is 0 Å². The zero-order chi connectivity index (χ0) is 22.4. The molecule has 2 heteroatoms. The van der Waals surface area contributed by atoms with Gasteiger partial charge < -0.3 is 4.74 Å². The van der Waals surface area contributed by atoms with Gasteiger partial charge in [-0.15, -0.1) is 0 Å². The molecule has 0 radical (unpaired) electrons. The van der Waals surface area contributed by atoms with Crippen molar-refractivity contribution in [3.8, 4) is 0 Å². The average Bonchev–Trinajstić information content (AvgIpc) is 3.05. The first-order valence-corrected chi connectivity index (χ1v) is 12.9. The number of carbonyl (C=O) groups excluding carboxylic acids is 1. The Kier molecular flexibility index (Phi) is 6.32. The molecule has 0 unspecified atom stereocenters. The van der Waals surface area contributed by atoms with Gasteiger partial charge in [-0.3, -0.25) is 4.79 Å². The fourth-order valence-corrected chi connectivity index (χ4v) is 7.91. The third-order valence-electron chi connectivity index (χ3n) is 9.61. The van der Waals surface area contributed by atoms with Crippen LogP contribution in [0.2, 0.25) is 0 Å². The predicted octanol–water partition coefficient (Wildman–Crippen LogP) is 7.66. The highest BCUT2D eigenvalue weighted by Gasteiger charge is 2.56. The van der Waals surface area contributed by atoms with E-state index in [0.717, 1.165) is 37.0 Å². The monoisotopic (exact) mass is 424 g/mol. The number of rotatable bonds is 5. The van der Waals surface area contributed by atoms with E-state index in [1.807, 2.05) is 0 Å². The molecule has 0 amide bonds. The van der Waals surface area contributed by atoms with E-state index >= 15 is 0 Å².